The standard InChI is InChI=1S/C47H30N4/c1-47(2)31-19-11-17-29-30-18-12-22-35-40(30)42-36(50(35)28-15-7-4-8-16-28)25-26-38-44(42)43-37(24-23-32(47)41(43)39(29)31)51(38)46-45(27-13-5-3-6-14-27)48-33-20-9-10-21-34(33)49-46/h3-26H,1-2H3. The van der Waals surface area contributed by atoms with Crippen LogP contribution in [0, 0.1) is 0 Å². The van der Waals surface area contributed by atoms with E-state index in [0.717, 1.165) is 44.8 Å². The molecule has 8 aromatic carbocycles. The normalized spacial score (nSPS) is 13.8. The second kappa shape index (κ2) is 9.38. The van der Waals surface area contributed by atoms with Crippen molar-refractivity contribution in [2.24, 2.45) is 0 Å². The summed E-state index contributed by atoms with van der Waals surface area (Å²) in [5.41, 5.74) is 12.2. The molecule has 0 radical (unpaired) electrons. The lowest BCUT2D eigenvalue weighted by atomic mass is 9.81. The van der Waals surface area contributed by atoms with Crippen molar-refractivity contribution in [2.75, 3.05) is 0 Å². The zero-order valence-electron chi connectivity index (χ0n) is 28.1. The summed E-state index contributed by atoms with van der Waals surface area (Å²) < 4.78 is 4.86. The van der Waals surface area contributed by atoms with Gasteiger partial charge in [-0.25, -0.2) is 9.97 Å². The maximum atomic E-state index is 5.46. The summed E-state index contributed by atoms with van der Waals surface area (Å²) in [6.07, 6.45) is 0. The van der Waals surface area contributed by atoms with E-state index in [2.05, 4.69) is 156 Å². The van der Waals surface area contributed by atoms with E-state index in [4.69, 9.17) is 9.97 Å². The molecule has 11 aromatic rings. The first-order valence-electron chi connectivity index (χ1n) is 17.7. The highest BCUT2D eigenvalue weighted by atomic mass is 15.1. The molecule has 0 N–H and O–H groups in total. The molecule has 1 aliphatic carbocycles. The van der Waals surface area contributed by atoms with Gasteiger partial charge in [-0.1, -0.05) is 111 Å². The van der Waals surface area contributed by atoms with Crippen LogP contribution in [0.1, 0.15) is 25.0 Å². The van der Waals surface area contributed by atoms with Crippen molar-refractivity contribution in [2.45, 2.75) is 19.3 Å². The van der Waals surface area contributed by atoms with Gasteiger partial charge in [-0.05, 0) is 81.2 Å². The van der Waals surface area contributed by atoms with Crippen molar-refractivity contribution in [3.63, 3.8) is 0 Å². The highest BCUT2D eigenvalue weighted by Crippen LogP contribution is 2.55. The summed E-state index contributed by atoms with van der Waals surface area (Å²) in [7, 11) is 0. The van der Waals surface area contributed by atoms with Crippen molar-refractivity contribution in [3.8, 4) is 22.8 Å². The molecule has 0 spiro atoms. The van der Waals surface area contributed by atoms with Gasteiger partial charge in [0.25, 0.3) is 0 Å². The van der Waals surface area contributed by atoms with Crippen molar-refractivity contribution in [1.29, 1.82) is 0 Å². The van der Waals surface area contributed by atoms with E-state index in [0.29, 0.717) is 0 Å². The number of para-hydroxylation sites is 3. The predicted octanol–water partition coefficient (Wildman–Crippen LogP) is 11.9. The fourth-order valence-electron chi connectivity index (χ4n) is 9.48. The van der Waals surface area contributed by atoms with Crippen LogP contribution < -0.4 is 0 Å². The van der Waals surface area contributed by atoms with Gasteiger partial charge in [-0.3, -0.25) is 4.57 Å². The third-order valence-corrected chi connectivity index (χ3v) is 11.6. The second-order valence-corrected chi connectivity index (χ2v) is 14.5. The maximum Gasteiger partial charge on any atom is 0.165 e. The van der Waals surface area contributed by atoms with Crippen LogP contribution in [0.2, 0.25) is 0 Å². The van der Waals surface area contributed by atoms with E-state index < -0.39 is 0 Å². The minimum Gasteiger partial charge on any atom is -0.309 e. The largest absolute Gasteiger partial charge is 0.309 e. The van der Waals surface area contributed by atoms with Crippen molar-refractivity contribution >= 4 is 76.2 Å². The van der Waals surface area contributed by atoms with Gasteiger partial charge in [-0.2, -0.15) is 0 Å². The van der Waals surface area contributed by atoms with E-state index in [1.165, 1.54) is 65.3 Å². The van der Waals surface area contributed by atoms with Crippen molar-refractivity contribution < 1.29 is 0 Å². The highest BCUT2D eigenvalue weighted by Gasteiger charge is 2.36. The Labute approximate surface area is 293 Å². The summed E-state index contributed by atoms with van der Waals surface area (Å²) in [5, 5.41) is 10.4. The molecule has 0 unspecified atom stereocenters. The number of rotatable bonds is 3. The average molecular weight is 651 g/mol. The Bertz CT molecular complexity index is 3260. The fourth-order valence-corrected chi connectivity index (χ4v) is 9.48. The Kier molecular flexibility index (Phi) is 5.02. The Morgan fingerprint density at radius 2 is 0.961 bits per heavy atom. The van der Waals surface area contributed by atoms with Crippen LogP contribution >= 0.6 is 0 Å². The molecular weight excluding hydrogens is 621 g/mol. The van der Waals surface area contributed by atoms with E-state index in [-0.39, 0.29) is 5.41 Å². The highest BCUT2D eigenvalue weighted by molar-refractivity contribution is 6.40. The molecule has 51 heavy (non-hydrogen) atoms. The summed E-state index contributed by atoms with van der Waals surface area (Å²) in [5.74, 6) is 0.844. The zero-order chi connectivity index (χ0) is 33.6. The molecule has 4 heteroatoms. The van der Waals surface area contributed by atoms with E-state index in [1.54, 1.807) is 0 Å². The van der Waals surface area contributed by atoms with Crippen molar-refractivity contribution in [3.05, 3.63) is 157 Å². The molecule has 0 saturated heterocycles. The molecule has 0 bridgehead atoms. The van der Waals surface area contributed by atoms with Gasteiger partial charge in [0.15, 0.2) is 5.82 Å². The molecule has 0 atom stereocenters. The topological polar surface area (TPSA) is 35.6 Å². The van der Waals surface area contributed by atoms with E-state index >= 15 is 0 Å². The average Bonchev–Trinajstić information content (AvgIpc) is 3.77. The van der Waals surface area contributed by atoms with E-state index in [1.807, 2.05) is 12.1 Å². The first-order chi connectivity index (χ1) is 25.1. The Morgan fingerprint density at radius 1 is 0.412 bits per heavy atom. The Balaban J connectivity index is 1.40. The molecule has 12 rings (SSSR count). The molecule has 0 fully saturated rings. The minimum absolute atomic E-state index is 0.151. The van der Waals surface area contributed by atoms with Crippen LogP contribution in [-0.4, -0.2) is 19.1 Å². The molecule has 0 aliphatic heterocycles. The first-order valence-corrected chi connectivity index (χ1v) is 17.7. The fraction of sp³-hybridized carbons (Fsp3) is 0.0638. The SMILES string of the molecule is CC1(C)c2cccc3c4cccc5c4c4c6c7c(c1ccc7n(-c1nc7ccccc7nc1-c1ccccc1)c6ccc4n5-c1ccccc1)c23. The van der Waals surface area contributed by atoms with Crippen LogP contribution in [0.15, 0.2) is 146 Å². The van der Waals surface area contributed by atoms with Gasteiger partial charge >= 0.3 is 0 Å². The third kappa shape index (κ3) is 3.30. The number of hydrogen-bond acceptors (Lipinski definition) is 2. The lowest BCUT2D eigenvalue weighted by molar-refractivity contribution is 0.663. The van der Waals surface area contributed by atoms with Crippen LogP contribution in [0.3, 0.4) is 0 Å². The number of fused-ring (bicyclic) bond motifs is 2. The lowest BCUT2D eigenvalue weighted by Gasteiger charge is -2.22. The summed E-state index contributed by atoms with van der Waals surface area (Å²) in [6.45, 7) is 4.78. The zero-order valence-corrected chi connectivity index (χ0v) is 28.1. The monoisotopic (exact) mass is 650 g/mol. The molecule has 0 saturated carbocycles. The van der Waals surface area contributed by atoms with Gasteiger partial charge in [0.05, 0.1) is 33.1 Å². The summed E-state index contributed by atoms with van der Waals surface area (Å²) in [4.78, 5) is 10.8. The predicted molar refractivity (Wildman–Crippen MR) is 212 cm³/mol. The second-order valence-electron chi connectivity index (χ2n) is 14.5. The smallest absolute Gasteiger partial charge is 0.165 e. The molecule has 1 aliphatic rings. The molecule has 238 valence electrons. The quantitative estimate of drug-likeness (QED) is 0.191. The van der Waals surface area contributed by atoms with Gasteiger partial charge in [0.1, 0.15) is 5.69 Å². The van der Waals surface area contributed by atoms with Crippen LogP contribution in [0.25, 0.3) is 99.0 Å². The molecule has 0 amide bonds. The van der Waals surface area contributed by atoms with Crippen LogP contribution in [0.4, 0.5) is 0 Å². The Morgan fingerprint density at radius 3 is 1.73 bits per heavy atom. The van der Waals surface area contributed by atoms with Gasteiger partial charge in [-0.15, -0.1) is 0 Å². The molecule has 4 nitrogen and oxygen atoms in total. The number of benzene rings is 7. The summed E-state index contributed by atoms with van der Waals surface area (Å²) >= 11 is 0. The van der Waals surface area contributed by atoms with Gasteiger partial charge < -0.3 is 4.57 Å². The third-order valence-electron chi connectivity index (χ3n) is 11.6. The number of nitrogens with zero attached hydrogens (tertiary/aromatic N) is 4. The van der Waals surface area contributed by atoms with Crippen LogP contribution in [0.5, 0.6) is 0 Å². The molecule has 3 aromatic heterocycles. The van der Waals surface area contributed by atoms with Crippen LogP contribution in [-0.2, 0) is 5.41 Å². The maximum absolute atomic E-state index is 5.46. The van der Waals surface area contributed by atoms with Gasteiger partial charge in [0, 0.05) is 38.2 Å². The van der Waals surface area contributed by atoms with Gasteiger partial charge in [0.2, 0.25) is 0 Å². The van der Waals surface area contributed by atoms with Crippen molar-refractivity contribution in [1.82, 2.24) is 19.1 Å². The minimum atomic E-state index is -0.151. The number of hydrogen-bond donors (Lipinski definition) is 0. The molecular formula is C47H30N4. The Hall–Kier alpha value is -6.52. The van der Waals surface area contributed by atoms with E-state index in [9.17, 15) is 0 Å². The first kappa shape index (κ1) is 27.3. The summed E-state index contributed by atoms with van der Waals surface area (Å²) in [6, 6.07) is 52.7. The molecule has 3 heterocycles. The number of aromatic nitrogens is 4. The lowest BCUT2D eigenvalue weighted by Crippen LogP contribution is -2.15.